The van der Waals surface area contributed by atoms with Crippen molar-refractivity contribution in [2.24, 2.45) is 5.92 Å². The number of hydrogen-bond donors (Lipinski definition) is 1. The fourth-order valence-corrected chi connectivity index (χ4v) is 2.48. The molecule has 1 fully saturated rings. The molecule has 20 heavy (non-hydrogen) atoms. The number of benzene rings is 1. The summed E-state index contributed by atoms with van der Waals surface area (Å²) in [5.41, 5.74) is 2.24. The van der Waals surface area contributed by atoms with Gasteiger partial charge in [0.15, 0.2) is 0 Å². The Morgan fingerprint density at radius 2 is 2.05 bits per heavy atom. The summed E-state index contributed by atoms with van der Waals surface area (Å²) in [6.45, 7) is 6.71. The zero-order valence-corrected chi connectivity index (χ0v) is 12.3. The Kier molecular flexibility index (Phi) is 4.42. The van der Waals surface area contributed by atoms with Crippen LogP contribution in [-0.2, 0) is 16.1 Å². The maximum absolute atomic E-state index is 12.5. The number of nitrogens with zero attached hydrogens (tertiary/aromatic N) is 1. The largest absolute Gasteiger partial charge is 0.342 e. The maximum atomic E-state index is 12.5. The van der Waals surface area contributed by atoms with E-state index in [0.29, 0.717) is 6.54 Å². The van der Waals surface area contributed by atoms with Crippen molar-refractivity contribution in [1.82, 2.24) is 10.2 Å². The van der Waals surface area contributed by atoms with Gasteiger partial charge in [-0.1, -0.05) is 44.5 Å². The molecule has 1 heterocycles. The Bertz CT molecular complexity index is 513. The van der Waals surface area contributed by atoms with Crippen LogP contribution in [0.2, 0.25) is 0 Å². The fraction of sp³-hybridized carbons (Fsp3) is 0.500. The van der Waals surface area contributed by atoms with E-state index in [0.717, 1.165) is 17.5 Å². The molecule has 1 aromatic rings. The lowest BCUT2D eigenvalue weighted by molar-refractivity contribution is -0.146. The molecule has 2 rings (SSSR count). The smallest absolute Gasteiger partial charge is 0.246 e. The first-order valence-electron chi connectivity index (χ1n) is 7.15. The predicted octanol–water partition coefficient (Wildman–Crippen LogP) is 1.87. The highest BCUT2D eigenvalue weighted by molar-refractivity contribution is 5.95. The van der Waals surface area contributed by atoms with Crippen molar-refractivity contribution >= 4 is 11.8 Å². The van der Waals surface area contributed by atoms with Gasteiger partial charge in [0.2, 0.25) is 11.8 Å². The van der Waals surface area contributed by atoms with Crippen LogP contribution in [-0.4, -0.2) is 29.3 Å². The minimum Gasteiger partial charge on any atom is -0.342 e. The standard InChI is InChI=1S/C16H22N2O2/c1-4-11(2)15-16(20)18(10-14(19)17-15)9-13-8-6-5-7-12(13)3/h5-8,11,15H,4,9-10H2,1-3H3,(H,17,19). The summed E-state index contributed by atoms with van der Waals surface area (Å²) in [6.07, 6.45) is 0.870. The highest BCUT2D eigenvalue weighted by atomic mass is 16.2. The molecule has 0 aromatic heterocycles. The Morgan fingerprint density at radius 1 is 1.35 bits per heavy atom. The van der Waals surface area contributed by atoms with Crippen LogP contribution in [0.3, 0.4) is 0 Å². The summed E-state index contributed by atoms with van der Waals surface area (Å²) in [6, 6.07) is 7.59. The van der Waals surface area contributed by atoms with Crippen molar-refractivity contribution < 1.29 is 9.59 Å². The van der Waals surface area contributed by atoms with Crippen LogP contribution in [0.5, 0.6) is 0 Å². The monoisotopic (exact) mass is 274 g/mol. The third-order valence-corrected chi connectivity index (χ3v) is 4.06. The van der Waals surface area contributed by atoms with E-state index < -0.39 is 0 Å². The second-order valence-corrected chi connectivity index (χ2v) is 5.55. The Hall–Kier alpha value is -1.84. The van der Waals surface area contributed by atoms with Crippen LogP contribution in [0.15, 0.2) is 24.3 Å². The molecule has 1 N–H and O–H groups in total. The molecule has 2 unspecified atom stereocenters. The summed E-state index contributed by atoms with van der Waals surface area (Å²) >= 11 is 0. The third-order valence-electron chi connectivity index (χ3n) is 4.06. The van der Waals surface area contributed by atoms with Crippen molar-refractivity contribution in [2.45, 2.75) is 39.8 Å². The van der Waals surface area contributed by atoms with Crippen LogP contribution in [0.1, 0.15) is 31.4 Å². The summed E-state index contributed by atoms with van der Waals surface area (Å²) < 4.78 is 0. The zero-order valence-electron chi connectivity index (χ0n) is 12.3. The first-order valence-corrected chi connectivity index (χ1v) is 7.15. The van der Waals surface area contributed by atoms with Crippen LogP contribution in [0.4, 0.5) is 0 Å². The summed E-state index contributed by atoms with van der Waals surface area (Å²) in [5.74, 6) is 0.122. The summed E-state index contributed by atoms with van der Waals surface area (Å²) in [5, 5.41) is 2.82. The zero-order chi connectivity index (χ0) is 14.7. The van der Waals surface area contributed by atoms with Gasteiger partial charge in [0.1, 0.15) is 6.04 Å². The van der Waals surface area contributed by atoms with Crippen molar-refractivity contribution in [1.29, 1.82) is 0 Å². The molecular weight excluding hydrogens is 252 g/mol. The quantitative estimate of drug-likeness (QED) is 0.911. The number of hydrogen-bond acceptors (Lipinski definition) is 2. The first kappa shape index (κ1) is 14.6. The van der Waals surface area contributed by atoms with Gasteiger partial charge in [-0.25, -0.2) is 0 Å². The molecule has 0 saturated carbocycles. The molecule has 4 heteroatoms. The molecule has 0 aliphatic carbocycles. The number of carbonyl (C=O) groups is 2. The average Bonchev–Trinajstić information content (AvgIpc) is 2.44. The normalized spacial score (nSPS) is 20.8. The Balaban J connectivity index is 2.16. The maximum Gasteiger partial charge on any atom is 0.246 e. The van der Waals surface area contributed by atoms with E-state index >= 15 is 0 Å². The van der Waals surface area contributed by atoms with Gasteiger partial charge in [0, 0.05) is 6.54 Å². The lowest BCUT2D eigenvalue weighted by Crippen LogP contribution is -2.59. The molecule has 1 aliphatic rings. The summed E-state index contributed by atoms with van der Waals surface area (Å²) in [7, 11) is 0. The third kappa shape index (κ3) is 3.00. The van der Waals surface area contributed by atoms with Crippen LogP contribution < -0.4 is 5.32 Å². The summed E-state index contributed by atoms with van der Waals surface area (Å²) in [4.78, 5) is 26.0. The molecule has 1 saturated heterocycles. The topological polar surface area (TPSA) is 49.4 Å². The van der Waals surface area contributed by atoms with Crippen molar-refractivity contribution in [3.05, 3.63) is 35.4 Å². The van der Waals surface area contributed by atoms with E-state index in [4.69, 9.17) is 0 Å². The van der Waals surface area contributed by atoms with E-state index in [1.165, 1.54) is 0 Å². The average molecular weight is 274 g/mol. The second kappa shape index (κ2) is 6.07. The molecule has 0 radical (unpaired) electrons. The highest BCUT2D eigenvalue weighted by Crippen LogP contribution is 2.17. The minimum atomic E-state index is -0.384. The van der Waals surface area contributed by atoms with Gasteiger partial charge < -0.3 is 10.2 Å². The van der Waals surface area contributed by atoms with E-state index in [-0.39, 0.29) is 30.3 Å². The van der Waals surface area contributed by atoms with E-state index in [9.17, 15) is 9.59 Å². The van der Waals surface area contributed by atoms with E-state index in [1.54, 1.807) is 4.90 Å². The molecule has 1 aliphatic heterocycles. The fourth-order valence-electron chi connectivity index (χ4n) is 2.48. The molecule has 4 nitrogen and oxygen atoms in total. The van der Waals surface area contributed by atoms with Gasteiger partial charge in [-0.2, -0.15) is 0 Å². The molecule has 2 amide bonds. The van der Waals surface area contributed by atoms with Crippen molar-refractivity contribution in [2.75, 3.05) is 6.54 Å². The Labute approximate surface area is 120 Å². The van der Waals surface area contributed by atoms with Crippen molar-refractivity contribution in [3.8, 4) is 0 Å². The molecule has 0 spiro atoms. The molecular formula is C16H22N2O2. The predicted molar refractivity (Wildman–Crippen MR) is 78.0 cm³/mol. The molecule has 108 valence electrons. The van der Waals surface area contributed by atoms with Gasteiger partial charge in [-0.3, -0.25) is 9.59 Å². The number of carbonyl (C=O) groups excluding carboxylic acids is 2. The van der Waals surface area contributed by atoms with Crippen LogP contribution >= 0.6 is 0 Å². The first-order chi connectivity index (χ1) is 9.52. The van der Waals surface area contributed by atoms with Gasteiger partial charge in [0.05, 0.1) is 6.54 Å². The number of nitrogens with one attached hydrogen (secondary N) is 1. The minimum absolute atomic E-state index is 0.0298. The molecule has 2 atom stereocenters. The Morgan fingerprint density at radius 3 is 2.70 bits per heavy atom. The lowest BCUT2D eigenvalue weighted by atomic mass is 9.95. The van der Waals surface area contributed by atoms with E-state index in [2.05, 4.69) is 5.32 Å². The lowest BCUT2D eigenvalue weighted by Gasteiger charge is -2.35. The van der Waals surface area contributed by atoms with E-state index in [1.807, 2.05) is 45.0 Å². The number of aryl methyl sites for hydroxylation is 1. The number of amides is 2. The van der Waals surface area contributed by atoms with Gasteiger partial charge in [0.25, 0.3) is 0 Å². The molecule has 0 bridgehead atoms. The van der Waals surface area contributed by atoms with Crippen molar-refractivity contribution in [3.63, 3.8) is 0 Å². The molecule has 1 aromatic carbocycles. The van der Waals surface area contributed by atoms with Gasteiger partial charge in [-0.15, -0.1) is 0 Å². The van der Waals surface area contributed by atoms with Crippen LogP contribution in [0.25, 0.3) is 0 Å². The second-order valence-electron chi connectivity index (χ2n) is 5.55. The SMILES string of the molecule is CCC(C)C1NC(=O)CN(Cc2ccccc2C)C1=O. The van der Waals surface area contributed by atoms with Gasteiger partial charge >= 0.3 is 0 Å². The van der Waals surface area contributed by atoms with Crippen LogP contribution in [0, 0.1) is 12.8 Å². The highest BCUT2D eigenvalue weighted by Gasteiger charge is 2.35. The number of rotatable bonds is 4. The number of piperazine rings is 1. The van der Waals surface area contributed by atoms with Gasteiger partial charge in [-0.05, 0) is 24.0 Å².